The van der Waals surface area contributed by atoms with Crippen molar-refractivity contribution in [1.29, 1.82) is 0 Å². The van der Waals surface area contributed by atoms with Crippen LogP contribution in [0.2, 0.25) is 0 Å². The largest absolute Gasteiger partial charge is 0.497 e. The van der Waals surface area contributed by atoms with Gasteiger partial charge in [0.15, 0.2) is 0 Å². The summed E-state index contributed by atoms with van der Waals surface area (Å²) in [7, 11) is 1.62. The Balaban J connectivity index is 1.32. The molecule has 1 aliphatic rings. The maximum absolute atomic E-state index is 12.8. The van der Waals surface area contributed by atoms with E-state index in [0.29, 0.717) is 50.7 Å². The molecule has 8 nitrogen and oxygen atoms in total. The summed E-state index contributed by atoms with van der Waals surface area (Å²) in [4.78, 5) is 16.9. The lowest BCUT2D eigenvalue weighted by molar-refractivity contribution is -0.0499. The molecule has 1 saturated heterocycles. The van der Waals surface area contributed by atoms with Gasteiger partial charge in [-0.05, 0) is 48.1 Å². The first-order valence-corrected chi connectivity index (χ1v) is 11.1. The summed E-state index contributed by atoms with van der Waals surface area (Å²) in [5, 5.41) is 4.49. The Morgan fingerprint density at radius 3 is 2.53 bits per heavy atom. The Morgan fingerprint density at radius 2 is 1.85 bits per heavy atom. The number of piperazine rings is 1. The second kappa shape index (κ2) is 10.7. The fourth-order valence-corrected chi connectivity index (χ4v) is 3.89. The van der Waals surface area contributed by atoms with Crippen LogP contribution in [-0.2, 0) is 13.1 Å². The number of carbonyl (C=O) groups excluding carboxylic acids is 1. The van der Waals surface area contributed by atoms with Crippen molar-refractivity contribution in [3.63, 3.8) is 0 Å². The number of nitrogens with zero attached hydrogens (tertiary/aromatic N) is 4. The van der Waals surface area contributed by atoms with Crippen molar-refractivity contribution in [2.24, 2.45) is 0 Å². The molecule has 0 N–H and O–H groups in total. The van der Waals surface area contributed by atoms with E-state index in [4.69, 9.17) is 21.4 Å². The van der Waals surface area contributed by atoms with Crippen LogP contribution in [-0.4, -0.2) is 65.4 Å². The van der Waals surface area contributed by atoms with Gasteiger partial charge in [0.2, 0.25) is 5.89 Å². The lowest BCUT2D eigenvalue weighted by Gasteiger charge is -2.34. The normalized spacial score (nSPS) is 14.4. The summed E-state index contributed by atoms with van der Waals surface area (Å²) in [5.74, 6) is 1.04. The van der Waals surface area contributed by atoms with Crippen LogP contribution >= 0.6 is 12.2 Å². The Morgan fingerprint density at radius 1 is 1.12 bits per heavy atom. The van der Waals surface area contributed by atoms with Gasteiger partial charge in [0, 0.05) is 31.7 Å². The van der Waals surface area contributed by atoms with Crippen molar-refractivity contribution >= 4 is 18.1 Å². The van der Waals surface area contributed by atoms with Crippen LogP contribution in [0.5, 0.6) is 11.5 Å². The first-order chi connectivity index (χ1) is 16.4. The second-order valence-electron chi connectivity index (χ2n) is 7.74. The average Bonchev–Trinajstić information content (AvgIpc) is 3.17. The van der Waals surface area contributed by atoms with Gasteiger partial charge in [-0.2, -0.15) is 8.78 Å². The van der Waals surface area contributed by atoms with E-state index >= 15 is 0 Å². The molecule has 1 aliphatic heterocycles. The molecule has 180 valence electrons. The summed E-state index contributed by atoms with van der Waals surface area (Å²) < 4.78 is 41.7. The lowest BCUT2D eigenvalue weighted by Crippen LogP contribution is -2.49. The van der Waals surface area contributed by atoms with Gasteiger partial charge in [0.25, 0.3) is 10.7 Å². The van der Waals surface area contributed by atoms with Gasteiger partial charge in [0.05, 0.1) is 20.2 Å². The molecule has 11 heteroatoms. The molecule has 1 aromatic heterocycles. The van der Waals surface area contributed by atoms with Crippen molar-refractivity contribution in [3.8, 4) is 11.5 Å². The van der Waals surface area contributed by atoms with Crippen LogP contribution in [0.25, 0.3) is 0 Å². The molecule has 34 heavy (non-hydrogen) atoms. The Labute approximate surface area is 200 Å². The molecule has 0 saturated carbocycles. The number of halogens is 2. The van der Waals surface area contributed by atoms with E-state index in [1.165, 1.54) is 18.2 Å². The van der Waals surface area contributed by atoms with Gasteiger partial charge in [-0.3, -0.25) is 9.69 Å². The maximum atomic E-state index is 12.8. The lowest BCUT2D eigenvalue weighted by atomic mass is 10.1. The molecule has 0 atom stereocenters. The number of rotatable bonds is 8. The fourth-order valence-electron chi connectivity index (χ4n) is 3.70. The smallest absolute Gasteiger partial charge is 0.387 e. The summed E-state index contributed by atoms with van der Waals surface area (Å²) in [6.45, 7) is -0.285. The fraction of sp³-hybridized carbons (Fsp3) is 0.348. The van der Waals surface area contributed by atoms with E-state index in [1.807, 2.05) is 24.3 Å². The molecule has 0 aliphatic carbocycles. The molecular formula is C23H24F2N4O4S. The zero-order valence-corrected chi connectivity index (χ0v) is 19.3. The molecule has 4 rings (SSSR count). The number of carbonyl (C=O) groups is 1. The minimum atomic E-state index is -2.94. The predicted octanol–water partition coefficient (Wildman–Crippen LogP) is 3.82. The van der Waals surface area contributed by atoms with Crippen LogP contribution in [0.4, 0.5) is 8.78 Å². The number of hydrogen-bond donors (Lipinski definition) is 0. The van der Waals surface area contributed by atoms with Crippen LogP contribution in [0.15, 0.2) is 52.9 Å². The molecule has 2 heterocycles. The Kier molecular flexibility index (Phi) is 7.53. The third-order valence-corrected chi connectivity index (χ3v) is 5.76. The standard InChI is InChI=1S/C23H24F2N4O4S/c1-31-18-7-5-16(6-8-18)13-20-26-29(23(34)33-20)15-27-9-11-28(12-10-27)21(30)17-3-2-4-19(14-17)32-22(24)25/h2-8,14,22H,9-13,15H2,1H3. The summed E-state index contributed by atoms with van der Waals surface area (Å²) in [6, 6.07) is 13.5. The highest BCUT2D eigenvalue weighted by Gasteiger charge is 2.23. The van der Waals surface area contributed by atoms with Gasteiger partial charge in [-0.25, -0.2) is 4.68 Å². The third-order valence-electron chi connectivity index (χ3n) is 5.46. The highest BCUT2D eigenvalue weighted by molar-refractivity contribution is 7.71. The van der Waals surface area contributed by atoms with Crippen LogP contribution < -0.4 is 9.47 Å². The van der Waals surface area contributed by atoms with E-state index in [0.717, 1.165) is 11.3 Å². The minimum absolute atomic E-state index is 0.0367. The van der Waals surface area contributed by atoms with Gasteiger partial charge >= 0.3 is 6.61 Å². The highest BCUT2D eigenvalue weighted by atomic mass is 32.1. The highest BCUT2D eigenvalue weighted by Crippen LogP contribution is 2.19. The number of ether oxygens (including phenoxy) is 2. The molecule has 0 bridgehead atoms. The third kappa shape index (κ3) is 5.97. The minimum Gasteiger partial charge on any atom is -0.497 e. The Bertz CT molecular complexity index is 1170. The number of methoxy groups -OCH3 is 1. The first-order valence-electron chi connectivity index (χ1n) is 10.7. The van der Waals surface area contributed by atoms with Crippen molar-refractivity contribution in [2.75, 3.05) is 33.3 Å². The molecular weight excluding hydrogens is 466 g/mol. The zero-order chi connectivity index (χ0) is 24.1. The number of hydrogen-bond acceptors (Lipinski definition) is 7. The summed E-state index contributed by atoms with van der Waals surface area (Å²) >= 11 is 5.33. The number of benzene rings is 2. The van der Waals surface area contributed by atoms with Gasteiger partial charge < -0.3 is 18.8 Å². The van der Waals surface area contributed by atoms with Crippen molar-refractivity contribution in [1.82, 2.24) is 19.6 Å². The molecule has 2 aromatic carbocycles. The first kappa shape index (κ1) is 23.8. The van der Waals surface area contributed by atoms with E-state index in [2.05, 4.69) is 14.7 Å². The summed E-state index contributed by atoms with van der Waals surface area (Å²) in [5.41, 5.74) is 1.34. The maximum Gasteiger partial charge on any atom is 0.387 e. The van der Waals surface area contributed by atoms with E-state index < -0.39 is 6.61 Å². The van der Waals surface area contributed by atoms with Gasteiger partial charge in [-0.1, -0.05) is 18.2 Å². The van der Waals surface area contributed by atoms with Crippen LogP contribution in [0, 0.1) is 4.84 Å². The summed E-state index contributed by atoms with van der Waals surface area (Å²) in [6.07, 6.45) is 0.511. The number of alkyl halides is 2. The predicted molar refractivity (Wildman–Crippen MR) is 122 cm³/mol. The second-order valence-corrected chi connectivity index (χ2v) is 8.09. The molecule has 3 aromatic rings. The molecule has 0 unspecified atom stereocenters. The quantitative estimate of drug-likeness (QED) is 0.445. The van der Waals surface area contributed by atoms with Crippen molar-refractivity contribution in [3.05, 3.63) is 70.4 Å². The number of amides is 1. The van der Waals surface area contributed by atoms with Crippen LogP contribution in [0.3, 0.4) is 0 Å². The van der Waals surface area contributed by atoms with Crippen molar-refractivity contribution < 1.29 is 27.5 Å². The van der Waals surface area contributed by atoms with E-state index in [-0.39, 0.29) is 16.5 Å². The van der Waals surface area contributed by atoms with Crippen LogP contribution in [0.1, 0.15) is 21.8 Å². The van der Waals surface area contributed by atoms with Gasteiger partial charge in [0.1, 0.15) is 11.5 Å². The molecule has 0 radical (unpaired) electrons. The molecule has 1 amide bonds. The zero-order valence-electron chi connectivity index (χ0n) is 18.5. The number of aromatic nitrogens is 2. The monoisotopic (exact) mass is 490 g/mol. The Hall–Kier alpha value is -3.31. The molecule has 1 fully saturated rings. The topological polar surface area (TPSA) is 73.0 Å². The average molecular weight is 491 g/mol. The SMILES string of the molecule is COc1ccc(Cc2nn(CN3CCN(C(=O)c4cccc(OC(F)F)c4)CC3)c(=S)o2)cc1. The van der Waals surface area contributed by atoms with Gasteiger partial charge in [-0.15, -0.1) is 5.10 Å². The van der Waals surface area contributed by atoms with E-state index in [9.17, 15) is 13.6 Å². The van der Waals surface area contributed by atoms with Crippen molar-refractivity contribution in [2.45, 2.75) is 19.7 Å². The molecule has 0 spiro atoms. The van der Waals surface area contributed by atoms with E-state index in [1.54, 1.807) is 22.8 Å².